The predicted octanol–water partition coefficient (Wildman–Crippen LogP) is 9.30. The molecule has 0 radical (unpaired) electrons. The minimum absolute atomic E-state index is 0. The molecule has 0 aromatic heterocycles. The molecule has 1 unspecified atom stereocenters. The molecular formula is C35H80Cl4N4O2. The van der Waals surface area contributed by atoms with E-state index in [-0.39, 0.29) is 55.7 Å². The maximum absolute atomic E-state index is 5.96. The van der Waals surface area contributed by atoms with Crippen molar-refractivity contribution in [3.8, 4) is 0 Å². The summed E-state index contributed by atoms with van der Waals surface area (Å²) in [5, 5.41) is 14.0. The molecular weight excluding hydrogens is 650 g/mol. The molecule has 0 heterocycles. The van der Waals surface area contributed by atoms with Gasteiger partial charge in [0.1, 0.15) is 0 Å². The van der Waals surface area contributed by atoms with E-state index in [1.165, 1.54) is 122 Å². The van der Waals surface area contributed by atoms with Crippen LogP contribution in [0.15, 0.2) is 0 Å². The van der Waals surface area contributed by atoms with Gasteiger partial charge in [-0.2, -0.15) is 0 Å². The lowest BCUT2D eigenvalue weighted by Crippen LogP contribution is -2.34. The molecule has 10 heteroatoms. The molecule has 0 saturated heterocycles. The summed E-state index contributed by atoms with van der Waals surface area (Å²) < 4.78 is 11.8. The first-order valence-corrected chi connectivity index (χ1v) is 18.4. The highest BCUT2D eigenvalue weighted by Gasteiger charge is 2.08. The van der Waals surface area contributed by atoms with E-state index in [9.17, 15) is 0 Å². The Labute approximate surface area is 306 Å². The molecule has 0 rings (SSSR count). The van der Waals surface area contributed by atoms with Crippen molar-refractivity contribution < 1.29 is 9.47 Å². The van der Waals surface area contributed by atoms with Gasteiger partial charge in [-0.05, 0) is 84.8 Å². The summed E-state index contributed by atoms with van der Waals surface area (Å²) in [5.74, 6) is 0. The van der Waals surface area contributed by atoms with Gasteiger partial charge in [-0.3, -0.25) is 0 Å². The summed E-state index contributed by atoms with van der Waals surface area (Å²) in [6.07, 6.45) is 27.5. The molecule has 0 fully saturated rings. The molecule has 4 N–H and O–H groups in total. The van der Waals surface area contributed by atoms with Crippen LogP contribution in [-0.4, -0.2) is 78.3 Å². The Bertz CT molecular complexity index is 475. The summed E-state index contributed by atoms with van der Waals surface area (Å²) in [6.45, 7) is 17.4. The highest BCUT2D eigenvalue weighted by Crippen LogP contribution is 2.13. The number of unbranched alkanes of at least 4 members (excludes halogenated alkanes) is 16. The standard InChI is InChI=1S/C35H76N4O2.4ClH/c1-4-7-8-9-10-11-12-13-14-15-16-17-18-19-20-23-32-40-34-35(41-6-3)33-39-31-25-30-38-27-22-21-26-37-29-24-28-36-5-2;;;;/h35-39H,4-34H2,1-3H3;4*1H. The van der Waals surface area contributed by atoms with Gasteiger partial charge in [-0.15, -0.1) is 49.6 Å². The van der Waals surface area contributed by atoms with Gasteiger partial charge in [0, 0.05) is 19.8 Å². The van der Waals surface area contributed by atoms with Gasteiger partial charge < -0.3 is 30.7 Å². The van der Waals surface area contributed by atoms with Crippen molar-refractivity contribution in [2.75, 3.05) is 72.2 Å². The van der Waals surface area contributed by atoms with Crippen molar-refractivity contribution in [1.82, 2.24) is 21.3 Å². The van der Waals surface area contributed by atoms with Gasteiger partial charge in [0.15, 0.2) is 0 Å². The third-order valence-corrected chi connectivity index (χ3v) is 7.84. The minimum atomic E-state index is 0. The van der Waals surface area contributed by atoms with E-state index in [1.54, 1.807) is 0 Å². The second-order valence-electron chi connectivity index (χ2n) is 11.9. The van der Waals surface area contributed by atoms with Crippen LogP contribution in [0.3, 0.4) is 0 Å². The zero-order valence-corrected chi connectivity index (χ0v) is 33.2. The number of rotatable bonds is 37. The fourth-order valence-electron chi connectivity index (χ4n) is 5.24. The molecule has 0 aliphatic carbocycles. The molecule has 0 aliphatic rings. The molecule has 6 nitrogen and oxygen atoms in total. The zero-order chi connectivity index (χ0) is 29.7. The van der Waals surface area contributed by atoms with Crippen molar-refractivity contribution in [3.63, 3.8) is 0 Å². The lowest BCUT2D eigenvalue weighted by Gasteiger charge is -2.18. The van der Waals surface area contributed by atoms with E-state index in [2.05, 4.69) is 42.0 Å². The van der Waals surface area contributed by atoms with Crippen LogP contribution < -0.4 is 21.3 Å². The Balaban J connectivity index is -0.00000133. The van der Waals surface area contributed by atoms with Crippen molar-refractivity contribution in [2.24, 2.45) is 0 Å². The van der Waals surface area contributed by atoms with E-state index in [0.29, 0.717) is 6.61 Å². The first-order valence-electron chi connectivity index (χ1n) is 18.4. The number of nitrogens with one attached hydrogen (secondary N) is 4. The third-order valence-electron chi connectivity index (χ3n) is 7.84. The fourth-order valence-corrected chi connectivity index (χ4v) is 5.24. The van der Waals surface area contributed by atoms with Crippen LogP contribution in [0.5, 0.6) is 0 Å². The van der Waals surface area contributed by atoms with Crippen LogP contribution in [0.25, 0.3) is 0 Å². The summed E-state index contributed by atoms with van der Waals surface area (Å²) in [4.78, 5) is 0. The van der Waals surface area contributed by atoms with Crippen LogP contribution in [0.1, 0.15) is 149 Å². The fraction of sp³-hybridized carbons (Fsp3) is 1.00. The van der Waals surface area contributed by atoms with Crippen LogP contribution in [0.4, 0.5) is 0 Å². The topological polar surface area (TPSA) is 66.6 Å². The van der Waals surface area contributed by atoms with Gasteiger partial charge in [0.25, 0.3) is 0 Å². The second kappa shape index (κ2) is 51.7. The number of hydrogen-bond donors (Lipinski definition) is 4. The maximum atomic E-state index is 5.96. The molecule has 45 heavy (non-hydrogen) atoms. The maximum Gasteiger partial charge on any atom is 0.0932 e. The van der Waals surface area contributed by atoms with Crippen molar-refractivity contribution in [1.29, 1.82) is 0 Å². The SMILES string of the molecule is CCCCCCCCCCCCCCCCCCOCC(CNCCCNCCCCNCCCNCC)OCC.Cl.Cl.Cl.Cl. The normalized spacial score (nSPS) is 11.3. The Hall–Kier alpha value is 0.920. The molecule has 0 aliphatic heterocycles. The molecule has 0 aromatic rings. The highest BCUT2D eigenvalue weighted by molar-refractivity contribution is 5.86. The van der Waals surface area contributed by atoms with Crippen LogP contribution in [0, 0.1) is 0 Å². The smallest absolute Gasteiger partial charge is 0.0932 e. The lowest BCUT2D eigenvalue weighted by molar-refractivity contribution is -0.0113. The van der Waals surface area contributed by atoms with Gasteiger partial charge in [0.2, 0.25) is 0 Å². The third kappa shape index (κ3) is 49.4. The van der Waals surface area contributed by atoms with Crippen molar-refractivity contribution >= 4 is 49.6 Å². The minimum Gasteiger partial charge on any atom is -0.379 e. The van der Waals surface area contributed by atoms with Crippen molar-refractivity contribution in [2.45, 2.75) is 155 Å². The Morgan fingerprint density at radius 2 is 0.822 bits per heavy atom. The Kier molecular flexibility index (Phi) is 63.6. The summed E-state index contributed by atoms with van der Waals surface area (Å²) >= 11 is 0. The summed E-state index contributed by atoms with van der Waals surface area (Å²) in [6, 6.07) is 0. The van der Waals surface area contributed by atoms with Gasteiger partial charge in [-0.25, -0.2) is 0 Å². The molecule has 0 spiro atoms. The van der Waals surface area contributed by atoms with Gasteiger partial charge in [-0.1, -0.05) is 110 Å². The molecule has 0 bridgehead atoms. The van der Waals surface area contributed by atoms with Gasteiger partial charge in [0.05, 0.1) is 12.7 Å². The van der Waals surface area contributed by atoms with Crippen LogP contribution >= 0.6 is 49.6 Å². The molecule has 1 atom stereocenters. The van der Waals surface area contributed by atoms with E-state index >= 15 is 0 Å². The quantitative estimate of drug-likeness (QED) is 0.0478. The Morgan fingerprint density at radius 3 is 1.27 bits per heavy atom. The average molecular weight is 731 g/mol. The number of hydrogen-bond acceptors (Lipinski definition) is 6. The summed E-state index contributed by atoms with van der Waals surface area (Å²) in [5.41, 5.74) is 0. The Morgan fingerprint density at radius 1 is 0.422 bits per heavy atom. The molecule has 280 valence electrons. The van der Waals surface area contributed by atoms with E-state index in [0.717, 1.165) is 72.0 Å². The average Bonchev–Trinajstić information content (AvgIpc) is 2.98. The zero-order valence-electron chi connectivity index (χ0n) is 29.9. The number of ether oxygens (including phenoxy) is 2. The van der Waals surface area contributed by atoms with E-state index in [1.807, 2.05) is 0 Å². The van der Waals surface area contributed by atoms with Crippen LogP contribution in [-0.2, 0) is 9.47 Å². The van der Waals surface area contributed by atoms with Crippen LogP contribution in [0.2, 0.25) is 0 Å². The van der Waals surface area contributed by atoms with Gasteiger partial charge >= 0.3 is 0 Å². The van der Waals surface area contributed by atoms with Crippen molar-refractivity contribution in [3.05, 3.63) is 0 Å². The lowest BCUT2D eigenvalue weighted by atomic mass is 10.0. The molecule has 0 aromatic carbocycles. The van der Waals surface area contributed by atoms with E-state index in [4.69, 9.17) is 9.47 Å². The predicted molar refractivity (Wildman–Crippen MR) is 210 cm³/mol. The first kappa shape index (κ1) is 55.3. The van der Waals surface area contributed by atoms with E-state index < -0.39 is 0 Å². The molecule has 0 amide bonds. The summed E-state index contributed by atoms with van der Waals surface area (Å²) in [7, 11) is 0. The first-order chi connectivity index (χ1) is 20.3. The molecule has 0 saturated carbocycles. The highest BCUT2D eigenvalue weighted by atomic mass is 35.5. The largest absolute Gasteiger partial charge is 0.379 e. The monoisotopic (exact) mass is 729 g/mol. The second-order valence-corrected chi connectivity index (χ2v) is 11.9. The number of halogens is 4.